The van der Waals surface area contributed by atoms with Gasteiger partial charge in [0.1, 0.15) is 5.82 Å². The van der Waals surface area contributed by atoms with Gasteiger partial charge < -0.3 is 14.5 Å². The van der Waals surface area contributed by atoms with Crippen molar-refractivity contribution in [1.82, 2.24) is 9.88 Å². The summed E-state index contributed by atoms with van der Waals surface area (Å²) in [4.78, 5) is 30.3. The van der Waals surface area contributed by atoms with Crippen molar-refractivity contribution in [3.63, 3.8) is 0 Å². The molecule has 1 heterocycles. The second kappa shape index (κ2) is 6.72. The van der Waals surface area contributed by atoms with Crippen LogP contribution >= 0.6 is 0 Å². The number of nitrogens with zero attached hydrogens (tertiary/aromatic N) is 3. The minimum absolute atomic E-state index is 0.0868. The Balaban J connectivity index is 2.65. The molecular formula is C13H19N3O3. The normalized spacial score (nSPS) is 9.89. The molecule has 0 radical (unpaired) electrons. The molecule has 0 aromatic carbocycles. The van der Waals surface area contributed by atoms with Crippen LogP contribution < -0.4 is 4.90 Å². The first-order valence-corrected chi connectivity index (χ1v) is 5.91. The SMILES string of the molecule is COC(=O)CCN(C)c1ccc(C(=O)N(C)C)cn1. The first kappa shape index (κ1) is 14.9. The first-order valence-electron chi connectivity index (χ1n) is 5.91. The molecule has 19 heavy (non-hydrogen) atoms. The molecule has 6 heteroatoms. The number of carbonyl (C=O) groups is 2. The summed E-state index contributed by atoms with van der Waals surface area (Å²) in [6, 6.07) is 3.48. The van der Waals surface area contributed by atoms with Crippen LogP contribution in [0.25, 0.3) is 0 Å². The summed E-state index contributed by atoms with van der Waals surface area (Å²) in [6.07, 6.45) is 1.83. The summed E-state index contributed by atoms with van der Waals surface area (Å²) in [6.45, 7) is 0.515. The van der Waals surface area contributed by atoms with Crippen LogP contribution in [-0.4, -0.2) is 56.6 Å². The van der Waals surface area contributed by atoms with E-state index in [0.29, 0.717) is 24.3 Å². The second-order valence-electron chi connectivity index (χ2n) is 4.35. The average molecular weight is 265 g/mol. The number of methoxy groups -OCH3 is 1. The molecule has 1 aromatic heterocycles. The van der Waals surface area contributed by atoms with E-state index in [1.165, 1.54) is 18.2 Å². The fraction of sp³-hybridized carbons (Fsp3) is 0.462. The third kappa shape index (κ3) is 4.24. The number of aromatic nitrogens is 1. The van der Waals surface area contributed by atoms with E-state index >= 15 is 0 Å². The lowest BCUT2D eigenvalue weighted by Crippen LogP contribution is -2.24. The lowest BCUT2D eigenvalue weighted by Gasteiger charge is -2.18. The number of anilines is 1. The Hall–Kier alpha value is -2.11. The number of esters is 1. The first-order chi connectivity index (χ1) is 8.95. The van der Waals surface area contributed by atoms with E-state index in [-0.39, 0.29) is 11.9 Å². The lowest BCUT2D eigenvalue weighted by molar-refractivity contribution is -0.140. The zero-order valence-electron chi connectivity index (χ0n) is 11.7. The minimum atomic E-state index is -0.258. The standard InChI is InChI=1S/C13H19N3O3/c1-15(2)13(18)10-5-6-11(14-9-10)16(3)8-7-12(17)19-4/h5-6,9H,7-8H2,1-4H3. The molecule has 104 valence electrons. The van der Waals surface area contributed by atoms with Crippen molar-refractivity contribution in [1.29, 1.82) is 0 Å². The van der Waals surface area contributed by atoms with Crippen LogP contribution in [0.4, 0.5) is 5.82 Å². The number of rotatable bonds is 5. The summed E-state index contributed by atoms with van der Waals surface area (Å²) in [5.41, 5.74) is 0.537. The molecule has 0 saturated heterocycles. The van der Waals surface area contributed by atoms with Gasteiger partial charge >= 0.3 is 5.97 Å². The molecule has 0 N–H and O–H groups in total. The molecule has 0 spiro atoms. The van der Waals surface area contributed by atoms with E-state index in [1.54, 1.807) is 26.2 Å². The van der Waals surface area contributed by atoms with Gasteiger partial charge in [0.15, 0.2) is 0 Å². The molecule has 1 rings (SSSR count). The maximum absolute atomic E-state index is 11.7. The molecule has 6 nitrogen and oxygen atoms in total. The largest absolute Gasteiger partial charge is 0.469 e. The Kier molecular flexibility index (Phi) is 5.29. The van der Waals surface area contributed by atoms with Gasteiger partial charge in [-0.1, -0.05) is 0 Å². The number of pyridine rings is 1. The van der Waals surface area contributed by atoms with Gasteiger partial charge in [0.2, 0.25) is 0 Å². The minimum Gasteiger partial charge on any atom is -0.469 e. The average Bonchev–Trinajstić information content (AvgIpc) is 2.43. The summed E-state index contributed by atoms with van der Waals surface area (Å²) >= 11 is 0. The van der Waals surface area contributed by atoms with Crippen molar-refractivity contribution in [2.24, 2.45) is 0 Å². The number of ether oxygens (including phenoxy) is 1. The highest BCUT2D eigenvalue weighted by Gasteiger charge is 2.10. The van der Waals surface area contributed by atoms with E-state index in [4.69, 9.17) is 0 Å². The highest BCUT2D eigenvalue weighted by molar-refractivity contribution is 5.93. The zero-order chi connectivity index (χ0) is 14.4. The van der Waals surface area contributed by atoms with E-state index < -0.39 is 0 Å². The van der Waals surface area contributed by atoms with Crippen molar-refractivity contribution in [2.75, 3.05) is 39.7 Å². The van der Waals surface area contributed by atoms with Gasteiger partial charge in [-0.25, -0.2) is 4.98 Å². The van der Waals surface area contributed by atoms with Gasteiger partial charge in [-0.15, -0.1) is 0 Å². The number of hydrogen-bond acceptors (Lipinski definition) is 5. The molecule has 0 aliphatic heterocycles. The summed E-state index contributed by atoms with van der Waals surface area (Å²) in [5.74, 6) is 0.363. The fourth-order valence-electron chi connectivity index (χ4n) is 1.47. The van der Waals surface area contributed by atoms with Gasteiger partial charge in [-0.05, 0) is 12.1 Å². The predicted octanol–water partition coefficient (Wildman–Crippen LogP) is 0.783. The Morgan fingerprint density at radius 2 is 1.95 bits per heavy atom. The summed E-state index contributed by atoms with van der Waals surface area (Å²) in [7, 11) is 6.58. The smallest absolute Gasteiger partial charge is 0.307 e. The van der Waals surface area contributed by atoms with Crippen LogP contribution in [0.3, 0.4) is 0 Å². The van der Waals surface area contributed by atoms with Crippen molar-refractivity contribution in [3.05, 3.63) is 23.9 Å². The van der Waals surface area contributed by atoms with Crippen LogP contribution in [-0.2, 0) is 9.53 Å². The van der Waals surface area contributed by atoms with Crippen molar-refractivity contribution in [2.45, 2.75) is 6.42 Å². The monoisotopic (exact) mass is 265 g/mol. The molecular weight excluding hydrogens is 246 g/mol. The van der Waals surface area contributed by atoms with Crippen molar-refractivity contribution >= 4 is 17.7 Å². The molecule has 0 unspecified atom stereocenters. The van der Waals surface area contributed by atoms with Crippen LogP contribution in [0, 0.1) is 0 Å². The van der Waals surface area contributed by atoms with E-state index in [0.717, 1.165) is 0 Å². The van der Waals surface area contributed by atoms with Crippen molar-refractivity contribution < 1.29 is 14.3 Å². The topological polar surface area (TPSA) is 62.7 Å². The maximum atomic E-state index is 11.7. The predicted molar refractivity (Wildman–Crippen MR) is 72.2 cm³/mol. The van der Waals surface area contributed by atoms with E-state index in [9.17, 15) is 9.59 Å². The van der Waals surface area contributed by atoms with Gasteiger partial charge in [-0.2, -0.15) is 0 Å². The highest BCUT2D eigenvalue weighted by Crippen LogP contribution is 2.11. The maximum Gasteiger partial charge on any atom is 0.307 e. The Morgan fingerprint density at radius 1 is 1.26 bits per heavy atom. The van der Waals surface area contributed by atoms with E-state index in [2.05, 4.69) is 9.72 Å². The molecule has 1 amide bonds. The number of amides is 1. The van der Waals surface area contributed by atoms with Crippen molar-refractivity contribution in [3.8, 4) is 0 Å². The molecule has 0 saturated carbocycles. The van der Waals surface area contributed by atoms with Gasteiger partial charge in [0, 0.05) is 33.9 Å². The zero-order valence-corrected chi connectivity index (χ0v) is 11.7. The Morgan fingerprint density at radius 3 is 2.42 bits per heavy atom. The molecule has 0 aliphatic rings. The third-order valence-corrected chi connectivity index (χ3v) is 2.67. The molecule has 1 aromatic rings. The van der Waals surface area contributed by atoms with E-state index in [1.807, 2.05) is 11.9 Å². The summed E-state index contributed by atoms with van der Waals surface area (Å²) in [5, 5.41) is 0. The molecule has 0 atom stereocenters. The van der Waals surface area contributed by atoms with Crippen LogP contribution in [0.15, 0.2) is 18.3 Å². The molecule has 0 aliphatic carbocycles. The summed E-state index contributed by atoms with van der Waals surface area (Å²) < 4.78 is 4.58. The van der Waals surface area contributed by atoms with Gasteiger partial charge in [0.25, 0.3) is 5.91 Å². The quantitative estimate of drug-likeness (QED) is 0.736. The molecule has 0 bridgehead atoms. The number of hydrogen-bond donors (Lipinski definition) is 0. The van der Waals surface area contributed by atoms with Gasteiger partial charge in [-0.3, -0.25) is 9.59 Å². The lowest BCUT2D eigenvalue weighted by atomic mass is 10.2. The van der Waals surface area contributed by atoms with Crippen LogP contribution in [0.1, 0.15) is 16.8 Å². The highest BCUT2D eigenvalue weighted by atomic mass is 16.5. The fourth-order valence-corrected chi connectivity index (χ4v) is 1.47. The van der Waals surface area contributed by atoms with Crippen LogP contribution in [0.2, 0.25) is 0 Å². The van der Waals surface area contributed by atoms with Crippen LogP contribution in [0.5, 0.6) is 0 Å². The Labute approximate surface area is 113 Å². The second-order valence-corrected chi connectivity index (χ2v) is 4.35. The molecule has 0 fully saturated rings. The number of carbonyl (C=O) groups excluding carboxylic acids is 2. The Bertz CT molecular complexity index is 443. The third-order valence-electron chi connectivity index (χ3n) is 2.67. The van der Waals surface area contributed by atoms with Gasteiger partial charge in [0.05, 0.1) is 19.1 Å².